The molecule has 1 amide bonds. The fraction of sp³-hybridized carbons (Fsp3) is 0.0556. The highest BCUT2D eigenvalue weighted by molar-refractivity contribution is 6.00. The lowest BCUT2D eigenvalue weighted by molar-refractivity contribution is 0.0929. The molecule has 0 aliphatic heterocycles. The van der Waals surface area contributed by atoms with Gasteiger partial charge in [-0.15, -0.1) is 0 Å². The van der Waals surface area contributed by atoms with Crippen LogP contribution in [0.1, 0.15) is 23.3 Å². The molecule has 2 aromatic heterocycles. The maximum Gasteiger partial charge on any atom is 0.307 e. The number of para-hydroxylation sites is 3. The van der Waals surface area contributed by atoms with Crippen LogP contribution in [0.5, 0.6) is 0 Å². The van der Waals surface area contributed by atoms with Crippen molar-refractivity contribution in [2.24, 2.45) is 5.10 Å². The van der Waals surface area contributed by atoms with E-state index >= 15 is 0 Å². The Morgan fingerprint density at radius 2 is 1.96 bits per heavy atom. The van der Waals surface area contributed by atoms with Crippen molar-refractivity contribution in [3.05, 3.63) is 66.2 Å². The first kappa shape index (κ1) is 14.2. The maximum atomic E-state index is 12.2. The third-order valence-corrected chi connectivity index (χ3v) is 3.71. The smallest absolute Gasteiger partial charge is 0.307 e. The van der Waals surface area contributed by atoms with Crippen LogP contribution in [0.2, 0.25) is 0 Å². The van der Waals surface area contributed by atoms with E-state index in [1.165, 1.54) is 0 Å². The van der Waals surface area contributed by atoms with E-state index in [0.29, 0.717) is 17.1 Å². The van der Waals surface area contributed by atoms with Crippen molar-refractivity contribution in [1.82, 2.24) is 15.4 Å². The second-order valence-corrected chi connectivity index (χ2v) is 5.39. The van der Waals surface area contributed by atoms with Crippen LogP contribution in [0.4, 0.5) is 0 Å². The van der Waals surface area contributed by atoms with E-state index in [2.05, 4.69) is 20.5 Å². The molecule has 0 saturated carbocycles. The highest BCUT2D eigenvalue weighted by atomic mass is 16.3. The molecule has 0 aliphatic rings. The Morgan fingerprint density at radius 1 is 1.17 bits per heavy atom. The molecule has 4 rings (SSSR count). The van der Waals surface area contributed by atoms with Crippen molar-refractivity contribution in [3.63, 3.8) is 0 Å². The summed E-state index contributed by atoms with van der Waals surface area (Å²) in [7, 11) is 0. The number of furan rings is 1. The number of imidazole rings is 1. The van der Waals surface area contributed by atoms with Gasteiger partial charge < -0.3 is 9.40 Å². The molecular formula is C18H14N4O2. The summed E-state index contributed by atoms with van der Waals surface area (Å²) >= 11 is 0. The van der Waals surface area contributed by atoms with Crippen molar-refractivity contribution in [3.8, 4) is 0 Å². The zero-order chi connectivity index (χ0) is 16.5. The van der Waals surface area contributed by atoms with E-state index in [1.54, 1.807) is 13.0 Å². The monoisotopic (exact) mass is 318 g/mol. The first-order valence-electron chi connectivity index (χ1n) is 7.49. The van der Waals surface area contributed by atoms with Crippen LogP contribution in [0, 0.1) is 0 Å². The van der Waals surface area contributed by atoms with Gasteiger partial charge in [0.15, 0.2) is 11.6 Å². The number of amides is 1. The third-order valence-electron chi connectivity index (χ3n) is 3.71. The van der Waals surface area contributed by atoms with Gasteiger partial charge in [-0.1, -0.05) is 30.3 Å². The van der Waals surface area contributed by atoms with Gasteiger partial charge in [-0.25, -0.2) is 10.4 Å². The van der Waals surface area contributed by atoms with Gasteiger partial charge in [0.2, 0.25) is 0 Å². The van der Waals surface area contributed by atoms with E-state index < -0.39 is 5.91 Å². The number of nitrogens with one attached hydrogen (secondary N) is 2. The number of benzene rings is 2. The van der Waals surface area contributed by atoms with Gasteiger partial charge >= 0.3 is 5.91 Å². The number of aromatic nitrogens is 2. The molecule has 6 nitrogen and oxygen atoms in total. The lowest BCUT2D eigenvalue weighted by atomic mass is 10.2. The fourth-order valence-electron chi connectivity index (χ4n) is 2.46. The molecule has 0 unspecified atom stereocenters. The first-order valence-corrected chi connectivity index (χ1v) is 7.49. The van der Waals surface area contributed by atoms with Gasteiger partial charge in [-0.3, -0.25) is 4.79 Å². The van der Waals surface area contributed by atoms with Crippen molar-refractivity contribution < 1.29 is 9.21 Å². The maximum absolute atomic E-state index is 12.2. The summed E-state index contributed by atoms with van der Waals surface area (Å²) in [5.41, 5.74) is 5.52. The topological polar surface area (TPSA) is 83.3 Å². The van der Waals surface area contributed by atoms with Gasteiger partial charge in [0, 0.05) is 5.39 Å². The molecule has 2 heterocycles. The van der Waals surface area contributed by atoms with Crippen LogP contribution >= 0.6 is 0 Å². The molecule has 118 valence electrons. The molecule has 0 radical (unpaired) electrons. The molecule has 0 saturated heterocycles. The van der Waals surface area contributed by atoms with Crippen LogP contribution in [0.3, 0.4) is 0 Å². The molecule has 4 aromatic rings. The number of rotatable bonds is 3. The summed E-state index contributed by atoms with van der Waals surface area (Å²) < 4.78 is 5.51. The zero-order valence-electron chi connectivity index (χ0n) is 12.9. The van der Waals surface area contributed by atoms with Crippen molar-refractivity contribution in [1.29, 1.82) is 0 Å². The molecule has 0 bridgehead atoms. The summed E-state index contributed by atoms with van der Waals surface area (Å²) in [5, 5.41) is 4.98. The summed E-state index contributed by atoms with van der Waals surface area (Å²) in [6.45, 7) is 1.77. The lowest BCUT2D eigenvalue weighted by Crippen LogP contribution is -2.19. The molecule has 0 spiro atoms. The lowest BCUT2D eigenvalue weighted by Gasteiger charge is -1.98. The Balaban J connectivity index is 1.55. The third kappa shape index (κ3) is 2.54. The Kier molecular flexibility index (Phi) is 3.35. The van der Waals surface area contributed by atoms with E-state index in [-0.39, 0.29) is 5.76 Å². The average molecular weight is 318 g/mol. The second-order valence-electron chi connectivity index (χ2n) is 5.39. The van der Waals surface area contributed by atoms with Crippen molar-refractivity contribution >= 4 is 33.6 Å². The highest BCUT2D eigenvalue weighted by Gasteiger charge is 2.12. The number of hydrogen-bond acceptors (Lipinski definition) is 4. The minimum Gasteiger partial charge on any atom is -0.451 e. The van der Waals surface area contributed by atoms with Crippen LogP contribution in [-0.2, 0) is 0 Å². The molecule has 0 atom stereocenters. The minimum atomic E-state index is -0.401. The fourth-order valence-corrected chi connectivity index (χ4v) is 2.46. The molecule has 2 aromatic carbocycles. The summed E-state index contributed by atoms with van der Waals surface area (Å²) in [6.07, 6.45) is 0. The number of nitrogens with zero attached hydrogens (tertiary/aromatic N) is 2. The molecule has 2 N–H and O–H groups in total. The number of hydrazone groups is 1. The zero-order valence-corrected chi connectivity index (χ0v) is 12.9. The number of carbonyl (C=O) groups is 1. The molecule has 0 aliphatic carbocycles. The van der Waals surface area contributed by atoms with Crippen molar-refractivity contribution in [2.45, 2.75) is 6.92 Å². The highest BCUT2D eigenvalue weighted by Crippen LogP contribution is 2.18. The number of aromatic amines is 1. The van der Waals surface area contributed by atoms with E-state index in [9.17, 15) is 4.79 Å². The molecular weight excluding hydrogens is 304 g/mol. The largest absolute Gasteiger partial charge is 0.451 e. The van der Waals surface area contributed by atoms with Crippen LogP contribution in [-0.4, -0.2) is 21.6 Å². The quantitative estimate of drug-likeness (QED) is 0.448. The van der Waals surface area contributed by atoms with E-state index in [1.807, 2.05) is 48.5 Å². The van der Waals surface area contributed by atoms with Gasteiger partial charge in [0.05, 0.1) is 11.0 Å². The van der Waals surface area contributed by atoms with Gasteiger partial charge in [-0.2, -0.15) is 5.10 Å². The van der Waals surface area contributed by atoms with Crippen molar-refractivity contribution in [2.75, 3.05) is 0 Å². The second kappa shape index (κ2) is 5.66. The van der Waals surface area contributed by atoms with Gasteiger partial charge in [0.1, 0.15) is 11.3 Å². The van der Waals surface area contributed by atoms with E-state index in [0.717, 1.165) is 16.4 Å². The summed E-state index contributed by atoms with van der Waals surface area (Å²) in [5.74, 6) is 0.431. The van der Waals surface area contributed by atoms with E-state index in [4.69, 9.17) is 4.42 Å². The number of H-pyrrole nitrogens is 1. The van der Waals surface area contributed by atoms with Gasteiger partial charge in [0.25, 0.3) is 0 Å². The number of hydrogen-bond donors (Lipinski definition) is 2. The predicted octanol–water partition coefficient (Wildman–Crippen LogP) is 3.46. The van der Waals surface area contributed by atoms with Gasteiger partial charge in [-0.05, 0) is 31.2 Å². The van der Waals surface area contributed by atoms with Crippen LogP contribution < -0.4 is 5.43 Å². The predicted molar refractivity (Wildman–Crippen MR) is 92.0 cm³/mol. The Hall–Kier alpha value is -3.41. The van der Waals surface area contributed by atoms with Crippen LogP contribution in [0.15, 0.2) is 64.1 Å². The Bertz CT molecular complexity index is 1010. The number of fused-ring (bicyclic) bond motifs is 2. The SMILES string of the molecule is C/C(=N\NC(=O)c1cc2ccccc2o1)c1nc2ccccc2[nH]1. The number of carbonyl (C=O) groups excluding carboxylic acids is 1. The van der Waals surface area contributed by atoms with Crippen LogP contribution in [0.25, 0.3) is 22.0 Å². The summed E-state index contributed by atoms with van der Waals surface area (Å²) in [6, 6.07) is 16.8. The summed E-state index contributed by atoms with van der Waals surface area (Å²) in [4.78, 5) is 19.8. The minimum absolute atomic E-state index is 0.220. The standard InChI is InChI=1S/C18H14N4O2/c1-11(17-19-13-7-3-4-8-14(13)20-17)21-22-18(23)16-10-12-6-2-5-9-15(12)24-16/h2-10H,1H3,(H,19,20)(H,22,23)/b21-11+. The molecule has 24 heavy (non-hydrogen) atoms. The molecule has 6 heteroatoms. The first-order chi connectivity index (χ1) is 11.7. The average Bonchev–Trinajstić information content (AvgIpc) is 3.23. The Morgan fingerprint density at radius 3 is 2.79 bits per heavy atom. The normalized spacial score (nSPS) is 12.0. The molecule has 0 fully saturated rings. The Labute approximate surface area is 137 Å².